The molecule has 4 atom stereocenters. The molecule has 3 aliphatic heterocycles. The van der Waals surface area contributed by atoms with Crippen molar-refractivity contribution in [3.8, 4) is 5.88 Å². The predicted molar refractivity (Wildman–Crippen MR) is 170 cm³/mol. The maximum Gasteiger partial charge on any atom is 0.407 e. The second-order valence-electron chi connectivity index (χ2n) is 13.3. The molecule has 4 heterocycles. The van der Waals surface area contributed by atoms with E-state index in [-0.39, 0.29) is 55.5 Å². The van der Waals surface area contributed by atoms with Crippen LogP contribution in [0.25, 0.3) is 0 Å². The first-order valence-electron chi connectivity index (χ1n) is 16.5. The summed E-state index contributed by atoms with van der Waals surface area (Å²) in [6.45, 7) is 8.92. The van der Waals surface area contributed by atoms with Crippen LogP contribution < -0.4 is 9.64 Å². The van der Waals surface area contributed by atoms with Gasteiger partial charge in [0.1, 0.15) is 24.7 Å². The Morgan fingerprint density at radius 2 is 1.83 bits per heavy atom. The molecule has 4 aliphatic rings. The molecule has 13 heteroatoms. The highest BCUT2D eigenvalue weighted by Gasteiger charge is 2.42. The number of hydrogen-bond acceptors (Lipinski definition) is 9. The van der Waals surface area contributed by atoms with Crippen LogP contribution in [0.4, 0.5) is 14.9 Å². The van der Waals surface area contributed by atoms with Crippen molar-refractivity contribution >= 4 is 23.7 Å². The molecule has 0 radical (unpaired) electrons. The number of piperazine rings is 1. The fourth-order valence-corrected chi connectivity index (χ4v) is 7.06. The molecule has 6 rings (SSSR count). The minimum absolute atomic E-state index is 0.0667. The summed E-state index contributed by atoms with van der Waals surface area (Å²) in [5.41, 5.74) is 2.58. The summed E-state index contributed by atoms with van der Waals surface area (Å²) in [5.74, 6) is -0.0361. The molecular weight excluding hydrogens is 609 g/mol. The molecule has 1 unspecified atom stereocenters. The first kappa shape index (κ1) is 33.1. The molecule has 254 valence electrons. The lowest BCUT2D eigenvalue weighted by atomic mass is 10.0. The van der Waals surface area contributed by atoms with Crippen molar-refractivity contribution in [1.29, 1.82) is 0 Å². The number of aromatic nitrogens is 1. The number of benzene rings is 1. The summed E-state index contributed by atoms with van der Waals surface area (Å²) in [7, 11) is 0. The summed E-state index contributed by atoms with van der Waals surface area (Å²) < 4.78 is 30.7. The van der Waals surface area contributed by atoms with Crippen LogP contribution in [0, 0.1) is 11.7 Å². The van der Waals surface area contributed by atoms with Crippen molar-refractivity contribution in [1.82, 2.24) is 19.7 Å². The molecule has 0 bridgehead atoms. The zero-order chi connectivity index (χ0) is 33.2. The van der Waals surface area contributed by atoms with E-state index in [9.17, 15) is 23.9 Å². The van der Waals surface area contributed by atoms with Crippen LogP contribution in [0.2, 0.25) is 0 Å². The molecule has 1 aromatic carbocycles. The number of carbonyl (C=O) groups excluding carboxylic acids is 2. The van der Waals surface area contributed by atoms with Gasteiger partial charge >= 0.3 is 12.1 Å². The minimum atomic E-state index is -0.950. The Kier molecular flexibility index (Phi) is 9.95. The van der Waals surface area contributed by atoms with E-state index in [1.807, 2.05) is 19.9 Å². The highest BCUT2D eigenvalue weighted by Crippen LogP contribution is 2.38. The van der Waals surface area contributed by atoms with Gasteiger partial charge in [-0.1, -0.05) is 12.1 Å². The lowest BCUT2D eigenvalue weighted by Gasteiger charge is -2.47. The molecule has 3 fully saturated rings. The van der Waals surface area contributed by atoms with Gasteiger partial charge in [-0.15, -0.1) is 0 Å². The fraction of sp³-hybridized carbons (Fsp3) is 0.588. The molecule has 1 aromatic heterocycles. The van der Waals surface area contributed by atoms with Gasteiger partial charge < -0.3 is 29.1 Å². The molecule has 2 amide bonds. The number of ether oxygens (including phenoxy) is 3. The van der Waals surface area contributed by atoms with E-state index in [2.05, 4.69) is 9.80 Å². The third kappa shape index (κ3) is 7.68. The molecule has 2 saturated heterocycles. The van der Waals surface area contributed by atoms with Gasteiger partial charge in [-0.05, 0) is 68.4 Å². The summed E-state index contributed by atoms with van der Waals surface area (Å²) in [6.07, 6.45) is 1.80. The highest BCUT2D eigenvalue weighted by molar-refractivity contribution is 5.97. The van der Waals surface area contributed by atoms with Crippen LogP contribution in [0.3, 0.4) is 0 Å². The zero-order valence-corrected chi connectivity index (χ0v) is 27.3. The first-order valence-corrected chi connectivity index (χ1v) is 16.5. The van der Waals surface area contributed by atoms with Crippen LogP contribution in [0.1, 0.15) is 50.4 Å². The molecule has 1 aliphatic carbocycles. The van der Waals surface area contributed by atoms with Gasteiger partial charge in [0, 0.05) is 51.2 Å². The molecule has 47 heavy (non-hydrogen) atoms. The van der Waals surface area contributed by atoms with Crippen LogP contribution >= 0.6 is 0 Å². The number of carboxylic acid groups (broad SMARTS) is 1. The number of morpholine rings is 1. The first-order chi connectivity index (χ1) is 22.6. The van der Waals surface area contributed by atoms with Gasteiger partial charge in [-0.2, -0.15) is 0 Å². The summed E-state index contributed by atoms with van der Waals surface area (Å²) in [4.78, 5) is 50.6. The standard InChI is InChI=1S/C34H44FN5O7/c1-21-14-38(28(16-39(21)34(43)44)15-37-10-11-45-20-31(37)25-6-7-25)17-32(42)40-22(2)18-47-33-30(40)13-26(29(36-33)19-46-23(3)41)12-24-4-8-27(35)9-5-24/h4-5,8-9,13,21-22,25,28,31H,6-7,10-12,14-20H2,1-3H3,(H,43,44)/t21-,22+,28+,31?/m1/s1. The highest BCUT2D eigenvalue weighted by atomic mass is 19.1. The Hall–Kier alpha value is -3.81. The number of pyridine rings is 1. The second-order valence-corrected chi connectivity index (χ2v) is 13.3. The van der Waals surface area contributed by atoms with Crippen molar-refractivity contribution in [3.05, 3.63) is 53.0 Å². The molecule has 1 N–H and O–H groups in total. The van der Waals surface area contributed by atoms with Gasteiger partial charge in [-0.3, -0.25) is 19.4 Å². The van der Waals surface area contributed by atoms with E-state index in [1.54, 1.807) is 17.0 Å². The van der Waals surface area contributed by atoms with E-state index in [1.165, 1.54) is 36.8 Å². The van der Waals surface area contributed by atoms with E-state index < -0.39 is 12.1 Å². The maximum atomic E-state index is 14.3. The van der Waals surface area contributed by atoms with Crippen LogP contribution in [-0.4, -0.2) is 119 Å². The Balaban J connectivity index is 1.27. The summed E-state index contributed by atoms with van der Waals surface area (Å²) in [5, 5.41) is 9.97. The second kappa shape index (κ2) is 14.1. The predicted octanol–water partition coefficient (Wildman–Crippen LogP) is 3.15. The smallest absolute Gasteiger partial charge is 0.407 e. The Morgan fingerprint density at radius 3 is 2.53 bits per heavy atom. The fourth-order valence-electron chi connectivity index (χ4n) is 7.06. The number of anilines is 1. The minimum Gasteiger partial charge on any atom is -0.474 e. The van der Waals surface area contributed by atoms with Gasteiger partial charge in [0.15, 0.2) is 0 Å². The number of esters is 1. The molecular formula is C34H44FN5O7. The van der Waals surface area contributed by atoms with Gasteiger partial charge in [0.05, 0.1) is 31.5 Å². The van der Waals surface area contributed by atoms with Crippen molar-refractivity contribution in [2.45, 2.75) is 70.8 Å². The normalized spacial score (nSPS) is 25.2. The topological polar surface area (TPSA) is 125 Å². The third-order valence-electron chi connectivity index (χ3n) is 9.72. The van der Waals surface area contributed by atoms with Gasteiger partial charge in [-0.25, -0.2) is 14.2 Å². The average molecular weight is 654 g/mol. The quantitative estimate of drug-likeness (QED) is 0.404. The van der Waals surface area contributed by atoms with E-state index in [4.69, 9.17) is 19.2 Å². The van der Waals surface area contributed by atoms with E-state index in [0.717, 1.165) is 17.7 Å². The number of rotatable bonds is 9. The summed E-state index contributed by atoms with van der Waals surface area (Å²) in [6, 6.07) is 7.59. The van der Waals surface area contributed by atoms with Crippen molar-refractivity contribution in [2.75, 3.05) is 57.4 Å². The Morgan fingerprint density at radius 1 is 1.06 bits per heavy atom. The molecule has 1 saturated carbocycles. The van der Waals surface area contributed by atoms with Crippen molar-refractivity contribution in [3.63, 3.8) is 0 Å². The number of amides is 2. The van der Waals surface area contributed by atoms with Crippen molar-refractivity contribution < 1.29 is 38.1 Å². The van der Waals surface area contributed by atoms with Gasteiger partial charge in [0.2, 0.25) is 11.8 Å². The monoisotopic (exact) mass is 653 g/mol. The maximum absolute atomic E-state index is 14.3. The van der Waals surface area contributed by atoms with Crippen LogP contribution in [0.15, 0.2) is 30.3 Å². The number of halogens is 1. The zero-order valence-electron chi connectivity index (χ0n) is 27.3. The van der Waals surface area contributed by atoms with Gasteiger partial charge in [0.25, 0.3) is 0 Å². The Labute approximate surface area is 274 Å². The number of fused-ring (bicyclic) bond motifs is 1. The number of nitrogens with zero attached hydrogens (tertiary/aromatic N) is 5. The summed E-state index contributed by atoms with van der Waals surface area (Å²) >= 11 is 0. The Bertz CT molecular complexity index is 1470. The average Bonchev–Trinajstić information content (AvgIpc) is 3.88. The third-order valence-corrected chi connectivity index (χ3v) is 9.72. The molecule has 12 nitrogen and oxygen atoms in total. The van der Waals surface area contributed by atoms with E-state index >= 15 is 0 Å². The lowest BCUT2D eigenvalue weighted by molar-refractivity contribution is -0.142. The largest absolute Gasteiger partial charge is 0.474 e. The van der Waals surface area contributed by atoms with Crippen molar-refractivity contribution in [2.24, 2.45) is 5.92 Å². The van der Waals surface area contributed by atoms with Crippen LogP contribution in [-0.2, 0) is 32.1 Å². The lowest BCUT2D eigenvalue weighted by Crippen LogP contribution is -2.64. The van der Waals surface area contributed by atoms with E-state index in [0.29, 0.717) is 62.6 Å². The SMILES string of the molecule is CC(=O)OCc1nc2c(cc1Cc1ccc(F)cc1)N(C(=O)CN1C[C@@H](C)N(C(=O)O)C[C@@H]1CN1CCOCC1C1CC1)[C@@H](C)CO2. The molecule has 2 aromatic rings. The van der Waals surface area contributed by atoms with Crippen LogP contribution in [0.5, 0.6) is 5.88 Å². The number of carbonyl (C=O) groups is 3. The molecule has 0 spiro atoms. The number of hydrogen-bond donors (Lipinski definition) is 1.